The van der Waals surface area contributed by atoms with E-state index in [0.717, 1.165) is 11.1 Å². The zero-order valence-corrected chi connectivity index (χ0v) is 14.1. The Hall–Kier alpha value is -3.16. The van der Waals surface area contributed by atoms with Gasteiger partial charge in [-0.2, -0.15) is 18.2 Å². The maximum atomic E-state index is 13.2. The first-order valence-corrected chi connectivity index (χ1v) is 8.16. The van der Waals surface area contributed by atoms with Gasteiger partial charge in [-0.05, 0) is 48.4 Å². The Morgan fingerprint density at radius 2 is 1.81 bits per heavy atom. The standard InChI is InChI=1S/C19H14F4N4/c1-11-3-2-4-13(9-11)16-10-15(12-5-7-14(20)8-6-12)24-18-25-17(19(21,22)23)26-27(16)18/h2-10,16H,1H3,(H,24,25,26)/t16-/m1/s1. The quantitative estimate of drug-likeness (QED) is 0.655. The van der Waals surface area contributed by atoms with Crippen LogP contribution >= 0.6 is 0 Å². The number of aromatic nitrogens is 3. The molecule has 0 radical (unpaired) electrons. The summed E-state index contributed by atoms with van der Waals surface area (Å²) in [6.07, 6.45) is -2.90. The fraction of sp³-hybridized carbons (Fsp3) is 0.158. The lowest BCUT2D eigenvalue weighted by Gasteiger charge is -2.24. The number of hydrogen-bond donors (Lipinski definition) is 1. The topological polar surface area (TPSA) is 42.7 Å². The van der Waals surface area contributed by atoms with Gasteiger partial charge in [-0.15, -0.1) is 5.10 Å². The number of rotatable bonds is 2. The van der Waals surface area contributed by atoms with Crippen molar-refractivity contribution in [2.24, 2.45) is 0 Å². The number of benzene rings is 2. The van der Waals surface area contributed by atoms with E-state index in [0.29, 0.717) is 11.3 Å². The van der Waals surface area contributed by atoms with Crippen LogP contribution in [0.25, 0.3) is 5.70 Å². The van der Waals surface area contributed by atoms with Crippen molar-refractivity contribution in [2.45, 2.75) is 19.1 Å². The molecule has 2 aromatic carbocycles. The Labute approximate surface area is 152 Å². The molecule has 1 aromatic heterocycles. The molecule has 0 bridgehead atoms. The Morgan fingerprint density at radius 3 is 2.48 bits per heavy atom. The van der Waals surface area contributed by atoms with Crippen molar-refractivity contribution >= 4 is 11.6 Å². The van der Waals surface area contributed by atoms with Crippen molar-refractivity contribution in [3.63, 3.8) is 0 Å². The number of fused-ring (bicyclic) bond motifs is 1. The Kier molecular flexibility index (Phi) is 3.98. The maximum absolute atomic E-state index is 13.2. The predicted molar refractivity (Wildman–Crippen MR) is 92.3 cm³/mol. The van der Waals surface area contributed by atoms with Crippen LogP contribution < -0.4 is 5.32 Å². The van der Waals surface area contributed by atoms with Crippen LogP contribution in [-0.2, 0) is 6.18 Å². The van der Waals surface area contributed by atoms with Crippen LogP contribution in [0.1, 0.15) is 28.6 Å². The summed E-state index contributed by atoms with van der Waals surface area (Å²) in [5, 5.41) is 6.53. The third-order valence-electron chi connectivity index (χ3n) is 4.26. The van der Waals surface area contributed by atoms with Gasteiger partial charge >= 0.3 is 6.18 Å². The van der Waals surface area contributed by atoms with E-state index in [1.165, 1.54) is 16.8 Å². The van der Waals surface area contributed by atoms with Crippen LogP contribution in [0.4, 0.5) is 23.5 Å². The summed E-state index contributed by atoms with van der Waals surface area (Å²) in [5.74, 6) is -1.63. The van der Waals surface area contributed by atoms with E-state index in [-0.39, 0.29) is 5.95 Å². The van der Waals surface area contributed by atoms with Gasteiger partial charge in [-0.1, -0.05) is 29.8 Å². The average molecular weight is 374 g/mol. The van der Waals surface area contributed by atoms with Gasteiger partial charge in [-0.25, -0.2) is 9.07 Å². The van der Waals surface area contributed by atoms with E-state index < -0.39 is 23.9 Å². The van der Waals surface area contributed by atoms with Crippen molar-refractivity contribution in [2.75, 3.05) is 5.32 Å². The fourth-order valence-corrected chi connectivity index (χ4v) is 3.00. The summed E-state index contributed by atoms with van der Waals surface area (Å²) in [7, 11) is 0. The minimum atomic E-state index is -4.65. The number of alkyl halides is 3. The number of anilines is 1. The second kappa shape index (κ2) is 6.22. The van der Waals surface area contributed by atoms with Crippen LogP contribution in [0.15, 0.2) is 54.6 Å². The molecule has 1 N–H and O–H groups in total. The molecule has 0 saturated heterocycles. The van der Waals surface area contributed by atoms with Gasteiger partial charge in [0.1, 0.15) is 11.9 Å². The Balaban J connectivity index is 1.85. The van der Waals surface area contributed by atoms with Crippen molar-refractivity contribution in [1.82, 2.24) is 14.8 Å². The molecule has 4 rings (SSSR count). The highest BCUT2D eigenvalue weighted by Crippen LogP contribution is 2.35. The lowest BCUT2D eigenvalue weighted by molar-refractivity contribution is -0.145. The van der Waals surface area contributed by atoms with Gasteiger partial charge < -0.3 is 5.32 Å². The molecule has 1 aliphatic heterocycles. The molecule has 0 spiro atoms. The molecule has 1 atom stereocenters. The van der Waals surface area contributed by atoms with E-state index in [4.69, 9.17) is 0 Å². The Bertz CT molecular complexity index is 1020. The van der Waals surface area contributed by atoms with Crippen LogP contribution in [0, 0.1) is 12.7 Å². The summed E-state index contributed by atoms with van der Waals surface area (Å²) >= 11 is 0. The van der Waals surface area contributed by atoms with Crippen molar-refractivity contribution in [3.8, 4) is 0 Å². The summed E-state index contributed by atoms with van der Waals surface area (Å²) in [5.41, 5.74) is 2.92. The smallest absolute Gasteiger partial charge is 0.324 e. The molecule has 2 heterocycles. The second-order valence-corrected chi connectivity index (χ2v) is 6.27. The van der Waals surface area contributed by atoms with Gasteiger partial charge in [0, 0.05) is 5.70 Å². The fourth-order valence-electron chi connectivity index (χ4n) is 3.00. The van der Waals surface area contributed by atoms with E-state index in [1.807, 2.05) is 31.2 Å². The van der Waals surface area contributed by atoms with Gasteiger partial charge in [0.05, 0.1) is 0 Å². The molecule has 0 amide bonds. The molecule has 8 heteroatoms. The normalized spacial score (nSPS) is 16.5. The highest BCUT2D eigenvalue weighted by atomic mass is 19.4. The highest BCUT2D eigenvalue weighted by molar-refractivity contribution is 5.77. The summed E-state index contributed by atoms with van der Waals surface area (Å²) in [6, 6.07) is 12.5. The largest absolute Gasteiger partial charge is 0.453 e. The second-order valence-electron chi connectivity index (χ2n) is 6.27. The van der Waals surface area contributed by atoms with Crippen molar-refractivity contribution in [1.29, 1.82) is 0 Å². The van der Waals surface area contributed by atoms with Crippen LogP contribution in [0.2, 0.25) is 0 Å². The summed E-state index contributed by atoms with van der Waals surface area (Å²) in [6.45, 7) is 1.90. The number of nitrogens with one attached hydrogen (secondary N) is 1. The van der Waals surface area contributed by atoms with Gasteiger partial charge in [-0.3, -0.25) is 0 Å². The van der Waals surface area contributed by atoms with E-state index in [9.17, 15) is 17.6 Å². The monoisotopic (exact) mass is 374 g/mol. The number of hydrogen-bond acceptors (Lipinski definition) is 3. The van der Waals surface area contributed by atoms with E-state index in [1.54, 1.807) is 18.2 Å². The SMILES string of the molecule is Cc1cccc([C@H]2C=C(c3ccc(F)cc3)Nc3nc(C(F)(F)F)nn32)c1. The number of halogens is 4. The molecule has 3 aromatic rings. The first-order chi connectivity index (χ1) is 12.8. The molecule has 0 fully saturated rings. The third kappa shape index (κ3) is 3.30. The van der Waals surface area contributed by atoms with E-state index >= 15 is 0 Å². The first-order valence-electron chi connectivity index (χ1n) is 8.16. The molecule has 138 valence electrons. The minimum Gasteiger partial charge on any atom is -0.324 e. The van der Waals surface area contributed by atoms with Gasteiger partial charge in [0.2, 0.25) is 5.95 Å². The Morgan fingerprint density at radius 1 is 1.07 bits per heavy atom. The van der Waals surface area contributed by atoms with Gasteiger partial charge in [0.15, 0.2) is 0 Å². The molecule has 0 unspecified atom stereocenters. The molecule has 4 nitrogen and oxygen atoms in total. The number of allylic oxidation sites excluding steroid dienone is 1. The molecule has 27 heavy (non-hydrogen) atoms. The number of nitrogens with zero attached hydrogens (tertiary/aromatic N) is 3. The lowest BCUT2D eigenvalue weighted by atomic mass is 10.0. The van der Waals surface area contributed by atoms with E-state index in [2.05, 4.69) is 15.4 Å². The molecular weight excluding hydrogens is 360 g/mol. The lowest BCUT2D eigenvalue weighted by Crippen LogP contribution is -2.20. The molecule has 1 aliphatic rings. The molecular formula is C19H14F4N4. The van der Waals surface area contributed by atoms with Crippen LogP contribution in [0.5, 0.6) is 0 Å². The first kappa shape index (κ1) is 17.3. The van der Waals surface area contributed by atoms with Crippen LogP contribution in [0.3, 0.4) is 0 Å². The molecule has 0 aliphatic carbocycles. The zero-order chi connectivity index (χ0) is 19.2. The highest BCUT2D eigenvalue weighted by Gasteiger charge is 2.39. The maximum Gasteiger partial charge on any atom is 0.453 e. The minimum absolute atomic E-state index is 0.0179. The number of aryl methyl sites for hydroxylation is 1. The zero-order valence-electron chi connectivity index (χ0n) is 14.1. The predicted octanol–water partition coefficient (Wildman–Crippen LogP) is 4.80. The van der Waals surface area contributed by atoms with Crippen LogP contribution in [-0.4, -0.2) is 14.8 Å². The van der Waals surface area contributed by atoms with Crippen molar-refractivity contribution < 1.29 is 17.6 Å². The average Bonchev–Trinajstić information content (AvgIpc) is 3.06. The molecule has 0 saturated carbocycles. The summed E-state index contributed by atoms with van der Waals surface area (Å²) in [4.78, 5) is 3.61. The van der Waals surface area contributed by atoms with Crippen molar-refractivity contribution in [3.05, 3.63) is 82.9 Å². The summed E-state index contributed by atoms with van der Waals surface area (Å²) < 4.78 is 53.8. The van der Waals surface area contributed by atoms with Gasteiger partial charge in [0.25, 0.3) is 5.82 Å². The third-order valence-corrected chi connectivity index (χ3v) is 4.26.